The molecule has 1 aromatic heterocycles. The number of halogens is 1. The summed E-state index contributed by atoms with van der Waals surface area (Å²) in [5.74, 6) is 4.81. The van der Waals surface area contributed by atoms with Crippen LogP contribution in [0.25, 0.3) is 0 Å². The summed E-state index contributed by atoms with van der Waals surface area (Å²) in [7, 11) is 3.10. The summed E-state index contributed by atoms with van der Waals surface area (Å²) in [4.78, 5) is 23.6. The fraction of sp³-hybridized carbons (Fsp3) is 0.286. The second-order valence-corrected chi connectivity index (χ2v) is 6.48. The summed E-state index contributed by atoms with van der Waals surface area (Å²) >= 11 is 0. The third kappa shape index (κ3) is 6.24. The highest BCUT2D eigenvalue weighted by molar-refractivity contribution is 5.99. The van der Waals surface area contributed by atoms with Gasteiger partial charge in [-0.1, -0.05) is 12.5 Å². The number of methoxy groups -OCH3 is 2. The number of carbonyl (C=O) groups is 2. The van der Waals surface area contributed by atoms with E-state index in [0.29, 0.717) is 30.2 Å². The van der Waals surface area contributed by atoms with E-state index in [1.54, 1.807) is 32.4 Å². The fourth-order valence-electron chi connectivity index (χ4n) is 2.80. The Kier molecular flexibility index (Phi) is 8.02. The molecule has 1 aliphatic rings. The summed E-state index contributed by atoms with van der Waals surface area (Å²) in [6.07, 6.45) is 1.97. The number of nitrogens with one attached hydrogen (secondary N) is 1. The summed E-state index contributed by atoms with van der Waals surface area (Å²) in [6.45, 7) is 4.31. The first kappa shape index (κ1) is 23.3. The van der Waals surface area contributed by atoms with Crippen molar-refractivity contribution in [2.45, 2.75) is 12.8 Å². The molecule has 10 heteroatoms. The lowest BCUT2D eigenvalue weighted by molar-refractivity contribution is -0.127. The van der Waals surface area contributed by atoms with Crippen LogP contribution < -0.4 is 20.9 Å². The average Bonchev–Trinajstić information content (AvgIpc) is 3.41. The SMILES string of the molecule is C=C(F)C(=O)N1CCCC1.COc1cc(C#Cc2[nH]nc(N)c2C(N)=O)cc(OC)c1. The Balaban J connectivity index is 0.000000285. The second-order valence-electron chi connectivity index (χ2n) is 6.48. The number of hydrogen-bond acceptors (Lipinski definition) is 6. The number of primary amides is 1. The van der Waals surface area contributed by atoms with E-state index in [0.717, 1.165) is 12.8 Å². The number of aromatic nitrogens is 2. The Hall–Kier alpha value is -4.00. The van der Waals surface area contributed by atoms with Crippen molar-refractivity contribution >= 4 is 17.6 Å². The van der Waals surface area contributed by atoms with E-state index in [1.807, 2.05) is 0 Å². The Morgan fingerprint density at radius 1 is 1.16 bits per heavy atom. The lowest BCUT2D eigenvalue weighted by atomic mass is 10.1. The van der Waals surface area contributed by atoms with Gasteiger partial charge in [-0.05, 0) is 30.9 Å². The van der Waals surface area contributed by atoms with Crippen LogP contribution in [-0.2, 0) is 4.79 Å². The number of carbonyl (C=O) groups excluding carboxylic acids is 2. The van der Waals surface area contributed by atoms with Crippen molar-refractivity contribution in [3.8, 4) is 23.3 Å². The van der Waals surface area contributed by atoms with E-state index in [-0.39, 0.29) is 17.1 Å². The number of nitrogen functional groups attached to an aromatic ring is 1. The van der Waals surface area contributed by atoms with Crippen LogP contribution in [0.2, 0.25) is 0 Å². The zero-order valence-electron chi connectivity index (χ0n) is 17.3. The molecule has 0 aliphatic carbocycles. The number of H-pyrrole nitrogens is 1. The van der Waals surface area contributed by atoms with Gasteiger partial charge in [0, 0.05) is 24.7 Å². The molecule has 0 atom stereocenters. The number of nitrogens with zero attached hydrogens (tertiary/aromatic N) is 2. The summed E-state index contributed by atoms with van der Waals surface area (Å²) in [6, 6.07) is 5.20. The highest BCUT2D eigenvalue weighted by Crippen LogP contribution is 2.22. The van der Waals surface area contributed by atoms with Crippen molar-refractivity contribution in [3.63, 3.8) is 0 Å². The van der Waals surface area contributed by atoms with Gasteiger partial charge in [0.15, 0.2) is 11.6 Å². The number of likely N-dealkylation sites (tertiary alicyclic amines) is 1. The van der Waals surface area contributed by atoms with Gasteiger partial charge < -0.3 is 25.8 Å². The van der Waals surface area contributed by atoms with Crippen LogP contribution >= 0.6 is 0 Å². The number of rotatable bonds is 4. The molecule has 1 aromatic carbocycles. The van der Waals surface area contributed by atoms with Gasteiger partial charge >= 0.3 is 0 Å². The normalized spacial score (nSPS) is 12.2. The molecule has 1 fully saturated rings. The van der Waals surface area contributed by atoms with Gasteiger partial charge in [0.25, 0.3) is 11.8 Å². The molecule has 164 valence electrons. The lowest BCUT2D eigenvalue weighted by Crippen LogP contribution is -2.27. The predicted molar refractivity (Wildman–Crippen MR) is 113 cm³/mol. The molecular weight excluding hydrogens is 405 g/mol. The minimum atomic E-state index is -0.845. The van der Waals surface area contributed by atoms with E-state index < -0.39 is 17.6 Å². The minimum absolute atomic E-state index is 0.0232. The third-order valence-corrected chi connectivity index (χ3v) is 4.35. The standard InChI is InChI=1S/C14H14N4O3.C7H10FNO/c1-20-9-5-8(6-10(7-9)21-2)3-4-11-12(14(16)19)13(15)18-17-11;1-6(8)7(10)9-4-2-3-5-9/h5-7H,1-2H3,(H2,16,19)(H3,15,17,18);1-5H2. The Morgan fingerprint density at radius 3 is 2.23 bits per heavy atom. The first-order valence-electron chi connectivity index (χ1n) is 9.29. The van der Waals surface area contributed by atoms with Crippen LogP contribution in [0.4, 0.5) is 10.2 Å². The van der Waals surface area contributed by atoms with Gasteiger partial charge in [-0.25, -0.2) is 4.39 Å². The summed E-state index contributed by atoms with van der Waals surface area (Å²) in [5, 5.41) is 6.29. The van der Waals surface area contributed by atoms with Crippen LogP contribution in [0.1, 0.15) is 34.5 Å². The molecule has 3 rings (SSSR count). The molecule has 0 saturated carbocycles. The van der Waals surface area contributed by atoms with Crippen LogP contribution in [0.3, 0.4) is 0 Å². The van der Waals surface area contributed by atoms with Gasteiger partial charge in [0.1, 0.15) is 22.8 Å². The second kappa shape index (κ2) is 10.7. The molecule has 2 amide bonds. The molecule has 9 nitrogen and oxygen atoms in total. The van der Waals surface area contributed by atoms with Crippen molar-refractivity contribution in [3.05, 3.63) is 47.4 Å². The number of nitrogens with two attached hydrogens (primary N) is 2. The molecule has 5 N–H and O–H groups in total. The number of amides is 2. The van der Waals surface area contributed by atoms with E-state index in [9.17, 15) is 14.0 Å². The third-order valence-electron chi connectivity index (χ3n) is 4.35. The molecule has 2 heterocycles. The first-order valence-corrected chi connectivity index (χ1v) is 9.29. The van der Waals surface area contributed by atoms with E-state index in [1.165, 1.54) is 4.90 Å². The summed E-state index contributed by atoms with van der Waals surface area (Å²) < 4.78 is 22.5. The minimum Gasteiger partial charge on any atom is -0.497 e. The molecule has 1 saturated heterocycles. The zero-order valence-corrected chi connectivity index (χ0v) is 17.3. The fourth-order valence-corrected chi connectivity index (χ4v) is 2.80. The molecule has 2 aromatic rings. The molecule has 1 aliphatic heterocycles. The van der Waals surface area contributed by atoms with Gasteiger partial charge in [-0.3, -0.25) is 14.7 Å². The van der Waals surface area contributed by atoms with E-state index >= 15 is 0 Å². The Bertz CT molecular complexity index is 1010. The van der Waals surface area contributed by atoms with Crippen molar-refractivity contribution in [1.82, 2.24) is 15.1 Å². The molecule has 31 heavy (non-hydrogen) atoms. The number of aromatic amines is 1. The number of benzene rings is 1. The first-order chi connectivity index (χ1) is 14.8. The van der Waals surface area contributed by atoms with Crippen molar-refractivity contribution < 1.29 is 23.5 Å². The van der Waals surface area contributed by atoms with E-state index in [4.69, 9.17) is 20.9 Å². The largest absolute Gasteiger partial charge is 0.497 e. The molecular formula is C21H24FN5O4. The molecule has 0 bridgehead atoms. The van der Waals surface area contributed by atoms with Crippen molar-refractivity contribution in [2.24, 2.45) is 5.73 Å². The lowest BCUT2D eigenvalue weighted by Gasteiger charge is -2.12. The number of hydrogen-bond donors (Lipinski definition) is 3. The Morgan fingerprint density at radius 2 is 1.74 bits per heavy atom. The van der Waals surface area contributed by atoms with Crippen molar-refractivity contribution in [2.75, 3.05) is 33.0 Å². The topological polar surface area (TPSA) is 137 Å². The smallest absolute Gasteiger partial charge is 0.281 e. The quantitative estimate of drug-likeness (QED) is 0.499. The van der Waals surface area contributed by atoms with Gasteiger partial charge in [0.2, 0.25) is 0 Å². The molecule has 0 spiro atoms. The average molecular weight is 429 g/mol. The van der Waals surface area contributed by atoms with Crippen LogP contribution in [0, 0.1) is 11.8 Å². The maximum atomic E-state index is 12.2. The maximum Gasteiger partial charge on any atom is 0.281 e. The molecule has 0 unspecified atom stereocenters. The zero-order chi connectivity index (χ0) is 23.0. The van der Waals surface area contributed by atoms with Crippen molar-refractivity contribution in [1.29, 1.82) is 0 Å². The van der Waals surface area contributed by atoms with Gasteiger partial charge in [-0.15, -0.1) is 0 Å². The van der Waals surface area contributed by atoms with Crippen LogP contribution in [-0.4, -0.2) is 54.2 Å². The molecule has 0 radical (unpaired) electrons. The Labute approximate surface area is 179 Å². The van der Waals surface area contributed by atoms with Crippen LogP contribution in [0.15, 0.2) is 30.6 Å². The monoisotopic (exact) mass is 429 g/mol. The number of anilines is 1. The maximum absolute atomic E-state index is 12.2. The highest BCUT2D eigenvalue weighted by atomic mass is 19.1. The van der Waals surface area contributed by atoms with Gasteiger partial charge in [0.05, 0.1) is 14.2 Å². The predicted octanol–water partition coefficient (Wildman–Crippen LogP) is 1.60. The van der Waals surface area contributed by atoms with Gasteiger partial charge in [-0.2, -0.15) is 5.10 Å². The highest BCUT2D eigenvalue weighted by Gasteiger charge is 2.19. The summed E-state index contributed by atoms with van der Waals surface area (Å²) in [5.41, 5.74) is 11.8. The number of ether oxygens (including phenoxy) is 2. The van der Waals surface area contributed by atoms with E-state index in [2.05, 4.69) is 28.6 Å². The van der Waals surface area contributed by atoms with Crippen LogP contribution in [0.5, 0.6) is 11.5 Å².